The summed E-state index contributed by atoms with van der Waals surface area (Å²) >= 11 is 0. The van der Waals surface area contributed by atoms with Crippen LogP contribution in [0.25, 0.3) is 0 Å². The van der Waals surface area contributed by atoms with Crippen molar-refractivity contribution >= 4 is 0 Å². The summed E-state index contributed by atoms with van der Waals surface area (Å²) in [7, 11) is 1.68. The maximum Gasteiger partial charge on any atom is 0.0700 e. The summed E-state index contributed by atoms with van der Waals surface area (Å²) in [5.41, 5.74) is -0.0607. The molecule has 0 N–H and O–H groups in total. The van der Waals surface area contributed by atoms with Crippen molar-refractivity contribution < 1.29 is 9.47 Å². The lowest BCUT2D eigenvalue weighted by molar-refractivity contribution is 0.0627. The maximum atomic E-state index is 9.49. The van der Waals surface area contributed by atoms with Crippen molar-refractivity contribution in [2.24, 2.45) is 11.3 Å². The number of methoxy groups -OCH3 is 1. The van der Waals surface area contributed by atoms with Crippen LogP contribution in [0, 0.1) is 22.7 Å². The van der Waals surface area contributed by atoms with Crippen LogP contribution in [-0.2, 0) is 9.47 Å². The van der Waals surface area contributed by atoms with Crippen molar-refractivity contribution in [1.29, 1.82) is 5.26 Å². The Balaban J connectivity index is 2.20. The van der Waals surface area contributed by atoms with Gasteiger partial charge in [-0.2, -0.15) is 5.26 Å². The van der Waals surface area contributed by atoms with E-state index in [-0.39, 0.29) is 5.41 Å². The second kappa shape index (κ2) is 9.34. The number of hydrogen-bond donors (Lipinski definition) is 0. The van der Waals surface area contributed by atoms with E-state index in [0.717, 1.165) is 38.2 Å². The number of hydrogen-bond acceptors (Lipinski definition) is 3. The van der Waals surface area contributed by atoms with E-state index in [2.05, 4.69) is 13.0 Å². The fourth-order valence-corrected chi connectivity index (χ4v) is 3.10. The third-order valence-corrected chi connectivity index (χ3v) is 4.37. The molecule has 1 aliphatic rings. The van der Waals surface area contributed by atoms with Gasteiger partial charge < -0.3 is 9.47 Å². The second-order valence-corrected chi connectivity index (χ2v) is 5.83. The molecule has 0 aromatic heterocycles. The zero-order valence-electron chi connectivity index (χ0n) is 12.6. The topological polar surface area (TPSA) is 42.2 Å². The van der Waals surface area contributed by atoms with Gasteiger partial charge in [0.1, 0.15) is 0 Å². The fourth-order valence-electron chi connectivity index (χ4n) is 3.10. The van der Waals surface area contributed by atoms with Crippen molar-refractivity contribution in [1.82, 2.24) is 0 Å². The molecule has 1 aliphatic carbocycles. The fraction of sp³-hybridized carbons (Fsp3) is 0.938. The van der Waals surface area contributed by atoms with E-state index in [1.807, 2.05) is 0 Å². The van der Waals surface area contributed by atoms with Gasteiger partial charge in [0.2, 0.25) is 0 Å². The third-order valence-electron chi connectivity index (χ3n) is 4.37. The zero-order valence-corrected chi connectivity index (χ0v) is 12.6. The molecule has 0 heterocycles. The predicted octanol–water partition coefficient (Wildman–Crippen LogP) is 3.93. The minimum atomic E-state index is -0.0607. The predicted molar refractivity (Wildman–Crippen MR) is 76.8 cm³/mol. The van der Waals surface area contributed by atoms with E-state index in [1.54, 1.807) is 7.11 Å². The Hall–Kier alpha value is -0.590. The van der Waals surface area contributed by atoms with Crippen LogP contribution < -0.4 is 0 Å². The summed E-state index contributed by atoms with van der Waals surface area (Å²) in [6.07, 6.45) is 9.26. The van der Waals surface area contributed by atoms with Crippen LogP contribution in [0.4, 0.5) is 0 Å². The molecule has 0 spiro atoms. The molecule has 0 atom stereocenters. The minimum Gasteiger partial charge on any atom is -0.382 e. The van der Waals surface area contributed by atoms with Gasteiger partial charge in [-0.3, -0.25) is 0 Å². The number of rotatable bonds is 9. The number of ether oxygens (including phenoxy) is 2. The quantitative estimate of drug-likeness (QED) is 0.594. The Kier molecular flexibility index (Phi) is 8.09. The largest absolute Gasteiger partial charge is 0.382 e. The van der Waals surface area contributed by atoms with Crippen LogP contribution in [0.15, 0.2) is 0 Å². The average Bonchev–Trinajstić information content (AvgIpc) is 2.45. The highest BCUT2D eigenvalue weighted by Gasteiger charge is 2.34. The van der Waals surface area contributed by atoms with Gasteiger partial charge in [0.25, 0.3) is 0 Å². The molecule has 0 amide bonds. The van der Waals surface area contributed by atoms with Crippen molar-refractivity contribution in [2.75, 3.05) is 26.9 Å². The highest BCUT2D eigenvalue weighted by atomic mass is 16.5. The van der Waals surface area contributed by atoms with E-state index in [4.69, 9.17) is 9.47 Å². The molecule has 0 saturated heterocycles. The SMILES string of the molecule is CCCC1CCC(C#N)(CCCOCCOC)CC1. The van der Waals surface area contributed by atoms with Gasteiger partial charge in [-0.15, -0.1) is 0 Å². The molecule has 1 rings (SSSR count). The molecule has 0 aromatic carbocycles. The lowest BCUT2D eigenvalue weighted by Gasteiger charge is -2.35. The van der Waals surface area contributed by atoms with E-state index in [0.29, 0.717) is 13.2 Å². The van der Waals surface area contributed by atoms with Gasteiger partial charge in [-0.05, 0) is 44.4 Å². The van der Waals surface area contributed by atoms with Crippen molar-refractivity contribution in [3.63, 3.8) is 0 Å². The van der Waals surface area contributed by atoms with Gasteiger partial charge in [0.15, 0.2) is 0 Å². The van der Waals surface area contributed by atoms with Crippen LogP contribution in [0.5, 0.6) is 0 Å². The zero-order chi connectivity index (χ0) is 14.0. The Morgan fingerprint density at radius 2 is 1.95 bits per heavy atom. The molecule has 3 nitrogen and oxygen atoms in total. The van der Waals surface area contributed by atoms with Crippen molar-refractivity contribution in [3.05, 3.63) is 0 Å². The average molecular weight is 267 g/mol. The van der Waals surface area contributed by atoms with E-state index in [9.17, 15) is 5.26 Å². The van der Waals surface area contributed by atoms with E-state index in [1.165, 1.54) is 25.7 Å². The molecule has 1 saturated carbocycles. The first-order valence-corrected chi connectivity index (χ1v) is 7.74. The summed E-state index contributed by atoms with van der Waals surface area (Å²) in [6.45, 7) is 4.32. The Labute approximate surface area is 118 Å². The molecule has 110 valence electrons. The summed E-state index contributed by atoms with van der Waals surface area (Å²) in [6, 6.07) is 2.60. The normalized spacial score (nSPS) is 27.1. The van der Waals surface area contributed by atoms with Crippen molar-refractivity contribution in [2.45, 2.75) is 58.3 Å². The molecular weight excluding hydrogens is 238 g/mol. The number of nitrogens with zero attached hydrogens (tertiary/aromatic N) is 1. The van der Waals surface area contributed by atoms with Crippen LogP contribution in [-0.4, -0.2) is 26.9 Å². The monoisotopic (exact) mass is 267 g/mol. The molecule has 19 heavy (non-hydrogen) atoms. The Morgan fingerprint density at radius 3 is 2.53 bits per heavy atom. The lowest BCUT2D eigenvalue weighted by Crippen LogP contribution is -2.26. The van der Waals surface area contributed by atoms with E-state index >= 15 is 0 Å². The maximum absolute atomic E-state index is 9.49. The first kappa shape index (κ1) is 16.5. The first-order chi connectivity index (χ1) is 9.26. The first-order valence-electron chi connectivity index (χ1n) is 7.74. The molecule has 0 aliphatic heterocycles. The lowest BCUT2D eigenvalue weighted by atomic mass is 9.68. The molecule has 3 heteroatoms. The summed E-state index contributed by atoms with van der Waals surface area (Å²) in [4.78, 5) is 0. The summed E-state index contributed by atoms with van der Waals surface area (Å²) in [5, 5.41) is 9.49. The molecular formula is C16H29NO2. The molecule has 0 radical (unpaired) electrons. The summed E-state index contributed by atoms with van der Waals surface area (Å²) in [5.74, 6) is 0.865. The standard InChI is InChI=1S/C16H29NO2/c1-3-5-15-6-9-16(14-17,10-7-15)8-4-11-19-13-12-18-2/h15H,3-13H2,1-2H3. The van der Waals surface area contributed by atoms with Gasteiger partial charge in [-0.25, -0.2) is 0 Å². The smallest absolute Gasteiger partial charge is 0.0700 e. The van der Waals surface area contributed by atoms with Gasteiger partial charge in [-0.1, -0.05) is 19.8 Å². The third kappa shape index (κ3) is 5.93. The Bertz CT molecular complexity index is 264. The van der Waals surface area contributed by atoms with E-state index < -0.39 is 0 Å². The highest BCUT2D eigenvalue weighted by molar-refractivity contribution is 5.01. The van der Waals surface area contributed by atoms with Crippen LogP contribution in [0.3, 0.4) is 0 Å². The summed E-state index contributed by atoms with van der Waals surface area (Å²) < 4.78 is 10.4. The van der Waals surface area contributed by atoms with Crippen molar-refractivity contribution in [3.8, 4) is 6.07 Å². The minimum absolute atomic E-state index is 0.0607. The van der Waals surface area contributed by atoms with Gasteiger partial charge in [0, 0.05) is 13.7 Å². The molecule has 0 aromatic rings. The van der Waals surface area contributed by atoms with Crippen LogP contribution >= 0.6 is 0 Å². The Morgan fingerprint density at radius 1 is 1.21 bits per heavy atom. The second-order valence-electron chi connectivity index (χ2n) is 5.83. The van der Waals surface area contributed by atoms with Gasteiger partial charge >= 0.3 is 0 Å². The van der Waals surface area contributed by atoms with Crippen LogP contribution in [0.2, 0.25) is 0 Å². The molecule has 0 unspecified atom stereocenters. The van der Waals surface area contributed by atoms with Gasteiger partial charge in [0.05, 0.1) is 24.7 Å². The number of nitriles is 1. The highest BCUT2D eigenvalue weighted by Crippen LogP contribution is 2.43. The molecule has 0 bridgehead atoms. The molecule has 1 fully saturated rings. The van der Waals surface area contributed by atoms with Crippen LogP contribution in [0.1, 0.15) is 58.3 Å².